The molecule has 1 aromatic rings. The molecule has 0 unspecified atom stereocenters. The van der Waals surface area contributed by atoms with Gasteiger partial charge in [0, 0.05) is 19.8 Å². The van der Waals surface area contributed by atoms with Gasteiger partial charge in [0.1, 0.15) is 5.82 Å². The highest BCUT2D eigenvalue weighted by Gasteiger charge is 1.99. The van der Waals surface area contributed by atoms with Crippen LogP contribution in [0.15, 0.2) is 24.4 Å². The maximum atomic E-state index is 4.29. The zero-order valence-corrected chi connectivity index (χ0v) is 9.03. The Balaban J connectivity index is 2.25. The van der Waals surface area contributed by atoms with E-state index >= 15 is 0 Å². The molecule has 0 aliphatic rings. The zero-order valence-electron chi connectivity index (χ0n) is 9.03. The Morgan fingerprint density at radius 2 is 2.21 bits per heavy atom. The average molecular weight is 193 g/mol. The van der Waals surface area contributed by atoms with Crippen LogP contribution < -0.4 is 10.2 Å². The van der Waals surface area contributed by atoms with E-state index in [4.69, 9.17) is 0 Å². The third-order valence-corrected chi connectivity index (χ3v) is 2.21. The Hall–Kier alpha value is -1.09. The predicted octanol–water partition coefficient (Wildman–Crippen LogP) is 1.52. The highest BCUT2D eigenvalue weighted by atomic mass is 15.2. The molecule has 1 heterocycles. The van der Waals surface area contributed by atoms with Gasteiger partial charge in [-0.2, -0.15) is 0 Å². The van der Waals surface area contributed by atoms with E-state index in [-0.39, 0.29) is 0 Å². The van der Waals surface area contributed by atoms with Gasteiger partial charge in [-0.25, -0.2) is 4.98 Å². The van der Waals surface area contributed by atoms with E-state index in [9.17, 15) is 0 Å². The summed E-state index contributed by atoms with van der Waals surface area (Å²) in [7, 11) is 4.07. The lowest BCUT2D eigenvalue weighted by Gasteiger charge is -2.17. The summed E-state index contributed by atoms with van der Waals surface area (Å²) in [5.41, 5.74) is 0. The van der Waals surface area contributed by atoms with Crippen LogP contribution in [0.4, 0.5) is 5.82 Å². The second-order valence-corrected chi connectivity index (χ2v) is 3.42. The standard InChI is InChI=1S/C11H19N3/c1-12-8-5-6-10-14(2)11-7-3-4-9-13-11/h3-4,7,9,12H,5-6,8,10H2,1-2H3. The predicted molar refractivity (Wildman–Crippen MR) is 60.7 cm³/mol. The number of nitrogens with one attached hydrogen (secondary N) is 1. The number of hydrogen-bond donors (Lipinski definition) is 1. The summed E-state index contributed by atoms with van der Waals surface area (Å²) in [6.07, 6.45) is 4.25. The maximum absolute atomic E-state index is 4.29. The van der Waals surface area contributed by atoms with E-state index in [1.165, 1.54) is 12.8 Å². The van der Waals surface area contributed by atoms with Gasteiger partial charge in [-0.15, -0.1) is 0 Å². The lowest BCUT2D eigenvalue weighted by Crippen LogP contribution is -2.20. The lowest BCUT2D eigenvalue weighted by atomic mass is 10.3. The Morgan fingerprint density at radius 3 is 2.86 bits per heavy atom. The van der Waals surface area contributed by atoms with Gasteiger partial charge >= 0.3 is 0 Å². The van der Waals surface area contributed by atoms with Crippen molar-refractivity contribution in [1.29, 1.82) is 0 Å². The topological polar surface area (TPSA) is 28.2 Å². The smallest absolute Gasteiger partial charge is 0.128 e. The minimum absolute atomic E-state index is 1.05. The molecule has 0 saturated heterocycles. The molecule has 0 amide bonds. The minimum Gasteiger partial charge on any atom is -0.360 e. The summed E-state index contributed by atoms with van der Waals surface area (Å²) in [6, 6.07) is 6.00. The third-order valence-electron chi connectivity index (χ3n) is 2.21. The fraction of sp³-hybridized carbons (Fsp3) is 0.545. The molecule has 0 aliphatic heterocycles. The highest BCUT2D eigenvalue weighted by Crippen LogP contribution is 2.07. The molecule has 0 atom stereocenters. The van der Waals surface area contributed by atoms with Gasteiger partial charge in [0.15, 0.2) is 0 Å². The largest absolute Gasteiger partial charge is 0.360 e. The molecule has 14 heavy (non-hydrogen) atoms. The second-order valence-electron chi connectivity index (χ2n) is 3.42. The molecule has 78 valence electrons. The molecule has 0 aromatic carbocycles. The summed E-state index contributed by atoms with van der Waals surface area (Å²) in [6.45, 7) is 2.16. The number of nitrogens with zero attached hydrogens (tertiary/aromatic N) is 2. The van der Waals surface area contributed by atoms with Crippen molar-refractivity contribution in [2.75, 3.05) is 32.1 Å². The summed E-state index contributed by atoms with van der Waals surface area (Å²) in [4.78, 5) is 6.48. The number of hydrogen-bond acceptors (Lipinski definition) is 3. The van der Waals surface area contributed by atoms with Crippen LogP contribution in [0, 0.1) is 0 Å². The molecule has 1 N–H and O–H groups in total. The van der Waals surface area contributed by atoms with Crippen LogP contribution in [0.1, 0.15) is 12.8 Å². The second kappa shape index (κ2) is 6.38. The number of unbranched alkanes of at least 4 members (excludes halogenated alkanes) is 1. The first kappa shape index (κ1) is 11.0. The average Bonchev–Trinajstić information content (AvgIpc) is 2.25. The molecule has 3 nitrogen and oxygen atoms in total. The molecule has 0 bridgehead atoms. The van der Waals surface area contributed by atoms with Gasteiger partial charge in [-0.3, -0.25) is 0 Å². The first-order chi connectivity index (χ1) is 6.84. The zero-order chi connectivity index (χ0) is 10.2. The summed E-state index contributed by atoms with van der Waals surface area (Å²) >= 11 is 0. The number of anilines is 1. The summed E-state index contributed by atoms with van der Waals surface area (Å²) < 4.78 is 0. The van der Waals surface area contributed by atoms with E-state index < -0.39 is 0 Å². The van der Waals surface area contributed by atoms with Gasteiger partial charge in [0.2, 0.25) is 0 Å². The van der Waals surface area contributed by atoms with Crippen molar-refractivity contribution in [3.05, 3.63) is 24.4 Å². The lowest BCUT2D eigenvalue weighted by molar-refractivity contribution is 0.669. The molecule has 0 aliphatic carbocycles. The van der Waals surface area contributed by atoms with Gasteiger partial charge in [0.05, 0.1) is 0 Å². The van der Waals surface area contributed by atoms with Gasteiger partial charge in [0.25, 0.3) is 0 Å². The van der Waals surface area contributed by atoms with Gasteiger partial charge in [-0.05, 0) is 38.6 Å². The van der Waals surface area contributed by atoms with Crippen molar-refractivity contribution in [2.45, 2.75) is 12.8 Å². The SMILES string of the molecule is CNCCCCN(C)c1ccccn1. The third kappa shape index (κ3) is 3.75. The van der Waals surface area contributed by atoms with Crippen molar-refractivity contribution >= 4 is 5.82 Å². The highest BCUT2D eigenvalue weighted by molar-refractivity contribution is 5.35. The first-order valence-corrected chi connectivity index (χ1v) is 5.11. The maximum Gasteiger partial charge on any atom is 0.128 e. The fourth-order valence-electron chi connectivity index (χ4n) is 1.34. The molecular weight excluding hydrogens is 174 g/mol. The van der Waals surface area contributed by atoms with E-state index in [1.807, 2.05) is 31.4 Å². The van der Waals surface area contributed by atoms with Crippen molar-refractivity contribution in [1.82, 2.24) is 10.3 Å². The Morgan fingerprint density at radius 1 is 1.36 bits per heavy atom. The summed E-state index contributed by atoms with van der Waals surface area (Å²) in [5.74, 6) is 1.05. The Bertz CT molecular complexity index is 236. The molecule has 3 heteroatoms. The molecular formula is C11H19N3. The quantitative estimate of drug-likeness (QED) is 0.694. The molecule has 0 spiro atoms. The molecule has 1 aromatic heterocycles. The van der Waals surface area contributed by atoms with Crippen LogP contribution in [-0.4, -0.2) is 32.2 Å². The minimum atomic E-state index is 1.05. The van der Waals surface area contributed by atoms with E-state index in [0.717, 1.165) is 18.9 Å². The van der Waals surface area contributed by atoms with Gasteiger partial charge < -0.3 is 10.2 Å². The van der Waals surface area contributed by atoms with Crippen LogP contribution in [0.25, 0.3) is 0 Å². The van der Waals surface area contributed by atoms with Gasteiger partial charge in [-0.1, -0.05) is 6.07 Å². The molecule has 0 saturated carbocycles. The number of pyridine rings is 1. The molecule has 0 fully saturated rings. The van der Waals surface area contributed by atoms with Crippen LogP contribution in [0.3, 0.4) is 0 Å². The summed E-state index contributed by atoms with van der Waals surface area (Å²) in [5, 5.41) is 3.15. The molecule has 0 radical (unpaired) electrons. The van der Waals surface area contributed by atoms with E-state index in [0.29, 0.717) is 0 Å². The Kier molecular flexibility index (Phi) is 5.00. The monoisotopic (exact) mass is 193 g/mol. The van der Waals surface area contributed by atoms with Crippen molar-refractivity contribution in [3.63, 3.8) is 0 Å². The van der Waals surface area contributed by atoms with Crippen LogP contribution >= 0.6 is 0 Å². The normalized spacial score (nSPS) is 10.1. The van der Waals surface area contributed by atoms with Crippen molar-refractivity contribution < 1.29 is 0 Å². The molecule has 1 rings (SSSR count). The van der Waals surface area contributed by atoms with Crippen molar-refractivity contribution in [2.24, 2.45) is 0 Å². The van der Waals surface area contributed by atoms with Crippen LogP contribution in [-0.2, 0) is 0 Å². The van der Waals surface area contributed by atoms with Crippen LogP contribution in [0.5, 0.6) is 0 Å². The van der Waals surface area contributed by atoms with E-state index in [1.54, 1.807) is 0 Å². The van der Waals surface area contributed by atoms with E-state index in [2.05, 4.69) is 22.2 Å². The van der Waals surface area contributed by atoms with Crippen molar-refractivity contribution in [3.8, 4) is 0 Å². The first-order valence-electron chi connectivity index (χ1n) is 5.11. The number of aromatic nitrogens is 1. The number of rotatable bonds is 6. The Labute approximate surface area is 86.2 Å². The van der Waals surface area contributed by atoms with Crippen LogP contribution in [0.2, 0.25) is 0 Å². The fourth-order valence-corrected chi connectivity index (χ4v) is 1.34.